The Labute approximate surface area is 115 Å². The molecule has 1 aliphatic heterocycles. The number of hydrogen-bond donors (Lipinski definition) is 2. The van der Waals surface area contributed by atoms with Crippen LogP contribution < -0.4 is 10.6 Å². The van der Waals surface area contributed by atoms with Crippen LogP contribution in [0.2, 0.25) is 0 Å². The second-order valence-electron chi connectivity index (χ2n) is 6.69. The number of hydrogen-bond acceptors (Lipinski definition) is 3. The van der Waals surface area contributed by atoms with Crippen molar-refractivity contribution in [1.82, 2.24) is 10.6 Å². The summed E-state index contributed by atoms with van der Waals surface area (Å²) in [5.41, 5.74) is 0.152. The summed E-state index contributed by atoms with van der Waals surface area (Å²) in [6.07, 6.45) is 6.07. The van der Waals surface area contributed by atoms with Gasteiger partial charge in [0.05, 0.1) is 6.61 Å². The fourth-order valence-electron chi connectivity index (χ4n) is 4.24. The second kappa shape index (κ2) is 5.41. The van der Waals surface area contributed by atoms with Gasteiger partial charge in [-0.3, -0.25) is 4.79 Å². The summed E-state index contributed by atoms with van der Waals surface area (Å²) < 4.78 is 5.39. The topological polar surface area (TPSA) is 50.4 Å². The van der Waals surface area contributed by atoms with E-state index in [0.717, 1.165) is 39.1 Å². The number of amides is 1. The van der Waals surface area contributed by atoms with E-state index < -0.39 is 0 Å². The van der Waals surface area contributed by atoms with Crippen LogP contribution in [-0.2, 0) is 9.53 Å². The molecule has 3 rings (SSSR count). The van der Waals surface area contributed by atoms with Crippen molar-refractivity contribution in [3.05, 3.63) is 0 Å². The van der Waals surface area contributed by atoms with E-state index in [1.807, 2.05) is 0 Å². The molecule has 1 saturated heterocycles. The lowest BCUT2D eigenvalue weighted by molar-refractivity contribution is -0.124. The molecule has 3 fully saturated rings. The van der Waals surface area contributed by atoms with Gasteiger partial charge >= 0.3 is 0 Å². The number of carbonyl (C=O) groups excluding carboxylic acids is 1. The predicted molar refractivity (Wildman–Crippen MR) is 73.7 cm³/mol. The van der Waals surface area contributed by atoms with Crippen LogP contribution in [0.1, 0.15) is 32.1 Å². The quantitative estimate of drug-likeness (QED) is 0.785. The van der Waals surface area contributed by atoms with Crippen molar-refractivity contribution in [2.45, 2.75) is 32.1 Å². The third-order valence-electron chi connectivity index (χ3n) is 5.46. The monoisotopic (exact) mass is 266 g/mol. The van der Waals surface area contributed by atoms with Crippen LogP contribution in [0, 0.1) is 23.2 Å². The van der Waals surface area contributed by atoms with Crippen LogP contribution in [0.15, 0.2) is 0 Å². The van der Waals surface area contributed by atoms with Crippen LogP contribution in [0.4, 0.5) is 0 Å². The SMILES string of the molecule is COCC1(CNC(=O)C2C3CCCC32)CCNCC1. The molecule has 4 nitrogen and oxygen atoms in total. The zero-order chi connectivity index (χ0) is 13.3. The largest absolute Gasteiger partial charge is 0.384 e. The van der Waals surface area contributed by atoms with E-state index in [0.29, 0.717) is 23.7 Å². The number of rotatable bonds is 5. The summed E-state index contributed by atoms with van der Waals surface area (Å²) in [5.74, 6) is 2.08. The van der Waals surface area contributed by atoms with Gasteiger partial charge in [0.2, 0.25) is 5.91 Å². The smallest absolute Gasteiger partial charge is 0.223 e. The fourth-order valence-corrected chi connectivity index (χ4v) is 4.24. The molecule has 0 radical (unpaired) electrons. The summed E-state index contributed by atoms with van der Waals surface area (Å²) in [5, 5.41) is 6.61. The van der Waals surface area contributed by atoms with Crippen LogP contribution >= 0.6 is 0 Å². The van der Waals surface area contributed by atoms with Gasteiger partial charge in [-0.15, -0.1) is 0 Å². The van der Waals surface area contributed by atoms with Gasteiger partial charge in [0, 0.05) is 25.0 Å². The molecular weight excluding hydrogens is 240 g/mol. The van der Waals surface area contributed by atoms with Crippen molar-refractivity contribution in [2.75, 3.05) is 33.4 Å². The summed E-state index contributed by atoms with van der Waals surface area (Å²) in [6.45, 7) is 3.62. The van der Waals surface area contributed by atoms with E-state index in [4.69, 9.17) is 4.74 Å². The van der Waals surface area contributed by atoms with Crippen LogP contribution in [0.3, 0.4) is 0 Å². The number of nitrogens with one attached hydrogen (secondary N) is 2. The van der Waals surface area contributed by atoms with Gasteiger partial charge < -0.3 is 15.4 Å². The van der Waals surface area contributed by atoms with Gasteiger partial charge in [-0.2, -0.15) is 0 Å². The van der Waals surface area contributed by atoms with Crippen molar-refractivity contribution in [2.24, 2.45) is 23.2 Å². The molecule has 2 unspecified atom stereocenters. The normalized spacial score (nSPS) is 35.7. The predicted octanol–water partition coefficient (Wildman–Crippen LogP) is 1.16. The molecule has 2 aliphatic carbocycles. The highest BCUT2D eigenvalue weighted by molar-refractivity contribution is 5.82. The van der Waals surface area contributed by atoms with Gasteiger partial charge in [0.15, 0.2) is 0 Å². The molecule has 4 heteroatoms. The van der Waals surface area contributed by atoms with E-state index in [1.165, 1.54) is 19.3 Å². The lowest BCUT2D eigenvalue weighted by Gasteiger charge is -2.37. The molecule has 2 saturated carbocycles. The zero-order valence-electron chi connectivity index (χ0n) is 11.9. The Bertz CT molecular complexity index is 324. The van der Waals surface area contributed by atoms with Gasteiger partial charge in [-0.25, -0.2) is 0 Å². The number of ether oxygens (including phenoxy) is 1. The first-order valence-corrected chi connectivity index (χ1v) is 7.73. The molecule has 0 aromatic rings. The summed E-state index contributed by atoms with van der Waals surface area (Å²) in [6, 6.07) is 0. The molecule has 108 valence electrons. The average molecular weight is 266 g/mol. The molecule has 2 atom stereocenters. The maximum absolute atomic E-state index is 12.2. The van der Waals surface area contributed by atoms with Crippen molar-refractivity contribution in [1.29, 1.82) is 0 Å². The fraction of sp³-hybridized carbons (Fsp3) is 0.933. The molecular formula is C15H26N2O2. The molecule has 0 aromatic heterocycles. The van der Waals surface area contributed by atoms with E-state index >= 15 is 0 Å². The number of carbonyl (C=O) groups is 1. The van der Waals surface area contributed by atoms with Crippen molar-refractivity contribution in [3.8, 4) is 0 Å². The van der Waals surface area contributed by atoms with Crippen LogP contribution in [0.25, 0.3) is 0 Å². The van der Waals surface area contributed by atoms with E-state index in [1.54, 1.807) is 7.11 Å². The van der Waals surface area contributed by atoms with Crippen molar-refractivity contribution in [3.63, 3.8) is 0 Å². The first-order valence-electron chi connectivity index (χ1n) is 7.73. The lowest BCUT2D eigenvalue weighted by Crippen LogP contribution is -2.47. The highest BCUT2D eigenvalue weighted by Gasteiger charge is 2.56. The van der Waals surface area contributed by atoms with Gasteiger partial charge in [0.1, 0.15) is 0 Å². The average Bonchev–Trinajstić information content (AvgIpc) is 2.91. The van der Waals surface area contributed by atoms with E-state index in [-0.39, 0.29) is 5.41 Å². The zero-order valence-corrected chi connectivity index (χ0v) is 11.9. The first kappa shape index (κ1) is 13.4. The minimum atomic E-state index is 0.152. The molecule has 1 heterocycles. The van der Waals surface area contributed by atoms with Gasteiger partial charge in [0.25, 0.3) is 0 Å². The Morgan fingerprint density at radius 1 is 1.32 bits per heavy atom. The highest BCUT2D eigenvalue weighted by atomic mass is 16.5. The third kappa shape index (κ3) is 2.65. The Hall–Kier alpha value is -0.610. The standard InChI is InChI=1S/C15H26N2O2/c1-19-10-15(5-7-16-8-6-15)9-17-14(18)13-11-3-2-4-12(11)13/h11-13,16H,2-10H2,1H3,(H,17,18). The van der Waals surface area contributed by atoms with Crippen LogP contribution in [0.5, 0.6) is 0 Å². The summed E-state index contributed by atoms with van der Waals surface area (Å²) >= 11 is 0. The number of piperidine rings is 1. The van der Waals surface area contributed by atoms with Gasteiger partial charge in [-0.1, -0.05) is 6.42 Å². The lowest BCUT2D eigenvalue weighted by atomic mass is 9.79. The maximum Gasteiger partial charge on any atom is 0.223 e. The third-order valence-corrected chi connectivity index (χ3v) is 5.46. The minimum Gasteiger partial charge on any atom is -0.384 e. The first-order chi connectivity index (χ1) is 9.26. The van der Waals surface area contributed by atoms with Crippen LogP contribution in [-0.4, -0.2) is 39.3 Å². The summed E-state index contributed by atoms with van der Waals surface area (Å²) in [7, 11) is 1.76. The van der Waals surface area contributed by atoms with E-state index in [2.05, 4.69) is 10.6 Å². The molecule has 1 amide bonds. The van der Waals surface area contributed by atoms with Gasteiger partial charge in [-0.05, 0) is 50.6 Å². The van der Waals surface area contributed by atoms with Crippen molar-refractivity contribution >= 4 is 5.91 Å². The Kier molecular flexibility index (Phi) is 3.81. The second-order valence-corrected chi connectivity index (χ2v) is 6.69. The maximum atomic E-state index is 12.2. The molecule has 3 aliphatic rings. The molecule has 19 heavy (non-hydrogen) atoms. The summed E-state index contributed by atoms with van der Waals surface area (Å²) in [4.78, 5) is 12.2. The molecule has 2 N–H and O–H groups in total. The number of methoxy groups -OCH3 is 1. The molecule has 0 bridgehead atoms. The van der Waals surface area contributed by atoms with Crippen molar-refractivity contribution < 1.29 is 9.53 Å². The minimum absolute atomic E-state index is 0.152. The Morgan fingerprint density at radius 2 is 2.00 bits per heavy atom. The van der Waals surface area contributed by atoms with E-state index in [9.17, 15) is 4.79 Å². The molecule has 0 spiro atoms. The number of fused-ring (bicyclic) bond motifs is 1. The molecule has 0 aromatic carbocycles. The Morgan fingerprint density at radius 3 is 2.63 bits per heavy atom. The highest BCUT2D eigenvalue weighted by Crippen LogP contribution is 2.57. The Balaban J connectivity index is 1.50.